The number of carbonyl (C=O) groups excluding carboxylic acids is 2. The number of rotatable bonds is 4. The van der Waals surface area contributed by atoms with Gasteiger partial charge in [-0.25, -0.2) is 0 Å². The smallest absolute Gasteiger partial charge is 0.261 e. The van der Waals surface area contributed by atoms with Crippen molar-refractivity contribution in [3.8, 4) is 0 Å². The molecule has 0 saturated heterocycles. The third kappa shape index (κ3) is 3.62. The summed E-state index contributed by atoms with van der Waals surface area (Å²) in [5.74, 6) is -0.00122. The van der Waals surface area contributed by atoms with Crippen LogP contribution in [0.15, 0.2) is 24.3 Å². The fourth-order valence-corrected chi connectivity index (χ4v) is 2.99. The number of amides is 2. The molecule has 2 rings (SSSR count). The number of thioether (sulfide) groups is 1. The van der Waals surface area contributed by atoms with E-state index in [1.807, 2.05) is 0 Å². The van der Waals surface area contributed by atoms with Gasteiger partial charge in [0.2, 0.25) is 0 Å². The average molecular weight is 423 g/mol. The number of hydrogen-bond donors (Lipinski definition) is 2. The Bertz CT molecular complexity index is 518. The topological polar surface area (TPSA) is 87.2 Å². The molecule has 2 amide bonds. The second kappa shape index (κ2) is 7.24. The van der Waals surface area contributed by atoms with Crippen molar-refractivity contribution in [3.63, 3.8) is 0 Å². The Labute approximate surface area is 139 Å². The number of imide groups is 1. The van der Waals surface area contributed by atoms with Crippen molar-refractivity contribution in [1.82, 2.24) is 4.90 Å². The lowest BCUT2D eigenvalue weighted by atomic mass is 10.1. The fourth-order valence-electron chi connectivity index (χ4n) is 1.84. The van der Waals surface area contributed by atoms with Crippen LogP contribution in [0.2, 0.25) is 0 Å². The number of nitrogens with one attached hydrogen (secondary N) is 1. The van der Waals surface area contributed by atoms with Crippen molar-refractivity contribution in [2.24, 2.45) is 5.73 Å². The van der Waals surface area contributed by atoms with E-state index in [2.05, 4.69) is 15.9 Å². The van der Waals surface area contributed by atoms with Crippen LogP contribution in [0.5, 0.6) is 0 Å². The lowest BCUT2D eigenvalue weighted by Gasteiger charge is -2.17. The molecule has 0 saturated carbocycles. The number of carbonyl (C=O) groups is 2. The molecule has 8 heteroatoms. The zero-order valence-corrected chi connectivity index (χ0v) is 14.5. The van der Waals surface area contributed by atoms with E-state index in [0.29, 0.717) is 16.9 Å². The van der Waals surface area contributed by atoms with Gasteiger partial charge in [0.15, 0.2) is 5.17 Å². The third-order valence-electron chi connectivity index (χ3n) is 2.68. The molecule has 0 fully saturated rings. The van der Waals surface area contributed by atoms with E-state index in [0.717, 1.165) is 0 Å². The van der Waals surface area contributed by atoms with Crippen molar-refractivity contribution in [2.45, 2.75) is 4.83 Å². The summed E-state index contributed by atoms with van der Waals surface area (Å²) in [4.78, 5) is 25.3. The summed E-state index contributed by atoms with van der Waals surface area (Å²) >= 11 is 4.57. The van der Waals surface area contributed by atoms with E-state index in [1.165, 1.54) is 16.7 Å². The second-order valence-electron chi connectivity index (χ2n) is 4.04. The van der Waals surface area contributed by atoms with Crippen LogP contribution in [0, 0.1) is 5.41 Å². The van der Waals surface area contributed by atoms with Crippen molar-refractivity contribution in [1.29, 1.82) is 5.41 Å². The van der Waals surface area contributed by atoms with Crippen LogP contribution in [0.25, 0.3) is 0 Å². The van der Waals surface area contributed by atoms with Crippen molar-refractivity contribution in [3.05, 3.63) is 35.4 Å². The summed E-state index contributed by atoms with van der Waals surface area (Å²) in [7, 11) is 0. The van der Waals surface area contributed by atoms with E-state index in [-0.39, 0.29) is 45.3 Å². The molecule has 20 heavy (non-hydrogen) atoms. The van der Waals surface area contributed by atoms with Gasteiger partial charge in [0, 0.05) is 17.1 Å². The van der Waals surface area contributed by atoms with Gasteiger partial charge in [-0.2, -0.15) is 0 Å². The van der Waals surface area contributed by atoms with Crippen molar-refractivity contribution < 1.29 is 9.59 Å². The van der Waals surface area contributed by atoms with E-state index in [1.54, 1.807) is 24.3 Å². The van der Waals surface area contributed by atoms with Gasteiger partial charge in [-0.15, -0.1) is 17.0 Å². The van der Waals surface area contributed by atoms with Gasteiger partial charge >= 0.3 is 0 Å². The maximum Gasteiger partial charge on any atom is 0.261 e. The highest BCUT2D eigenvalue weighted by atomic mass is 79.9. The third-order valence-corrected chi connectivity index (χ3v) is 4.60. The molecule has 1 aliphatic heterocycles. The van der Waals surface area contributed by atoms with Crippen molar-refractivity contribution in [2.75, 3.05) is 12.3 Å². The Morgan fingerprint density at radius 2 is 1.80 bits per heavy atom. The molecular formula is C12H13Br2N3O2S. The van der Waals surface area contributed by atoms with E-state index < -0.39 is 0 Å². The monoisotopic (exact) mass is 421 g/mol. The molecular weight excluding hydrogens is 410 g/mol. The van der Waals surface area contributed by atoms with Crippen LogP contribution in [-0.4, -0.2) is 39.0 Å². The lowest BCUT2D eigenvalue weighted by Crippen LogP contribution is -2.35. The van der Waals surface area contributed by atoms with Gasteiger partial charge in [-0.05, 0) is 12.1 Å². The average Bonchev–Trinajstić information content (AvgIpc) is 2.62. The Balaban J connectivity index is 0.00000200. The highest BCUT2D eigenvalue weighted by Gasteiger charge is 2.35. The summed E-state index contributed by atoms with van der Waals surface area (Å²) in [6, 6.07) is 6.79. The first-order valence-corrected chi connectivity index (χ1v) is 7.47. The molecule has 108 valence electrons. The van der Waals surface area contributed by atoms with Crippen molar-refractivity contribution >= 4 is 61.7 Å². The van der Waals surface area contributed by atoms with Gasteiger partial charge in [0.05, 0.1) is 11.1 Å². The summed E-state index contributed by atoms with van der Waals surface area (Å²) in [5, 5.41) is 7.15. The van der Waals surface area contributed by atoms with Crippen LogP contribution in [0.1, 0.15) is 20.7 Å². The maximum absolute atomic E-state index is 12.1. The Morgan fingerprint density at radius 3 is 2.25 bits per heavy atom. The van der Waals surface area contributed by atoms with Crippen LogP contribution in [0.3, 0.4) is 0 Å². The summed E-state index contributed by atoms with van der Waals surface area (Å²) in [6.07, 6.45) is 0. The molecule has 0 aromatic heterocycles. The van der Waals surface area contributed by atoms with Gasteiger partial charge in [0.1, 0.15) is 0 Å². The Hall–Kier alpha value is -0.860. The SMILES string of the molecule is Br.N=C(N)SCC(Br)CN1C(=O)c2ccccc2C1=O. The minimum Gasteiger partial charge on any atom is -0.379 e. The van der Waals surface area contributed by atoms with Gasteiger partial charge in [0.25, 0.3) is 11.8 Å². The van der Waals surface area contributed by atoms with Gasteiger partial charge in [-0.1, -0.05) is 39.8 Å². The lowest BCUT2D eigenvalue weighted by molar-refractivity contribution is 0.0657. The number of nitrogens with zero attached hydrogens (tertiary/aromatic N) is 1. The first kappa shape index (κ1) is 17.2. The van der Waals surface area contributed by atoms with Gasteiger partial charge < -0.3 is 5.73 Å². The first-order valence-electron chi connectivity index (χ1n) is 5.57. The number of nitrogens with two attached hydrogens (primary N) is 1. The molecule has 5 nitrogen and oxygen atoms in total. The van der Waals surface area contributed by atoms with Crippen LogP contribution in [0.4, 0.5) is 0 Å². The largest absolute Gasteiger partial charge is 0.379 e. The molecule has 1 aromatic rings. The number of halogens is 2. The standard InChI is InChI=1S/C12H12BrN3O2S.BrH/c13-7(6-19-12(14)15)5-16-10(17)8-3-1-2-4-9(8)11(16)18;/h1-4,7H,5-6H2,(H3,14,15);1H. The molecule has 0 bridgehead atoms. The molecule has 3 N–H and O–H groups in total. The number of alkyl halides is 1. The van der Waals surface area contributed by atoms with Crippen LogP contribution >= 0.6 is 44.7 Å². The number of hydrogen-bond acceptors (Lipinski definition) is 4. The Morgan fingerprint density at radius 1 is 1.30 bits per heavy atom. The van der Waals surface area contributed by atoms with Crippen LogP contribution < -0.4 is 5.73 Å². The molecule has 1 aromatic carbocycles. The number of amidine groups is 1. The molecule has 0 aliphatic carbocycles. The summed E-state index contributed by atoms with van der Waals surface area (Å²) < 4.78 is 0. The first-order chi connectivity index (χ1) is 9.00. The maximum atomic E-state index is 12.1. The molecule has 1 unspecified atom stereocenters. The highest BCUT2D eigenvalue weighted by Crippen LogP contribution is 2.24. The van der Waals surface area contributed by atoms with Gasteiger partial charge in [-0.3, -0.25) is 19.9 Å². The zero-order valence-electron chi connectivity index (χ0n) is 10.3. The van der Waals surface area contributed by atoms with E-state index in [4.69, 9.17) is 11.1 Å². The number of benzene rings is 1. The minimum absolute atomic E-state index is 0. The summed E-state index contributed by atoms with van der Waals surface area (Å²) in [6.45, 7) is 0.270. The highest BCUT2D eigenvalue weighted by molar-refractivity contribution is 9.09. The predicted molar refractivity (Wildman–Crippen MR) is 89.2 cm³/mol. The Kier molecular flexibility index (Phi) is 6.22. The molecule has 0 spiro atoms. The van der Waals surface area contributed by atoms with E-state index in [9.17, 15) is 9.59 Å². The molecule has 0 radical (unpaired) electrons. The number of fused-ring (bicyclic) bond motifs is 1. The summed E-state index contributed by atoms with van der Waals surface area (Å²) in [5.41, 5.74) is 6.15. The predicted octanol–water partition coefficient (Wildman–Crippen LogP) is 2.25. The second-order valence-corrected chi connectivity index (χ2v) is 6.40. The minimum atomic E-state index is -0.266. The molecule has 1 heterocycles. The quantitative estimate of drug-likeness (QED) is 0.337. The fraction of sp³-hybridized carbons (Fsp3) is 0.250. The molecule has 1 atom stereocenters. The van der Waals surface area contributed by atoms with Crippen LogP contribution in [-0.2, 0) is 0 Å². The van der Waals surface area contributed by atoms with E-state index >= 15 is 0 Å². The normalized spacial score (nSPS) is 14.8. The zero-order chi connectivity index (χ0) is 14.0. The molecule has 1 aliphatic rings.